The zero-order valence-electron chi connectivity index (χ0n) is 5.22. The highest BCUT2D eigenvalue weighted by atomic mass is 14.8. The summed E-state index contributed by atoms with van der Waals surface area (Å²) in [4.78, 5) is 4.21. The number of nitrogens with zero attached hydrogens (tertiary/aromatic N) is 1. The van der Waals surface area contributed by atoms with E-state index in [1.165, 1.54) is 12.8 Å². The molecule has 0 atom stereocenters. The van der Waals surface area contributed by atoms with Crippen molar-refractivity contribution in [2.75, 3.05) is 0 Å². The van der Waals surface area contributed by atoms with E-state index in [0.29, 0.717) is 6.04 Å². The molecular weight excluding hydrogens is 98.1 g/mol. The Balaban J connectivity index is 2.23. The van der Waals surface area contributed by atoms with E-state index >= 15 is 0 Å². The zero-order valence-corrected chi connectivity index (χ0v) is 5.22. The summed E-state index contributed by atoms with van der Waals surface area (Å²) in [5, 5.41) is 0. The van der Waals surface area contributed by atoms with Crippen molar-refractivity contribution in [2.45, 2.75) is 25.8 Å². The number of rotatable bonds is 2. The molecule has 1 aliphatic rings. The van der Waals surface area contributed by atoms with Crippen LogP contribution in [0, 0.1) is 0 Å². The Morgan fingerprint density at radius 2 is 2.38 bits per heavy atom. The van der Waals surface area contributed by atoms with Crippen LogP contribution in [-0.4, -0.2) is 12.3 Å². The number of aliphatic imine (C=N–C) groups is 1. The Kier molecular flexibility index (Phi) is 1.47. The minimum atomic E-state index is 0.645. The van der Waals surface area contributed by atoms with E-state index in [-0.39, 0.29) is 0 Å². The minimum absolute atomic E-state index is 0.645. The molecule has 0 spiro atoms. The minimum Gasteiger partial charge on any atom is -0.290 e. The first-order chi connectivity index (χ1) is 3.79. The fraction of sp³-hybridized carbons (Fsp3) is 0.571. The van der Waals surface area contributed by atoms with Crippen molar-refractivity contribution in [3.8, 4) is 0 Å². The highest BCUT2D eigenvalue weighted by Crippen LogP contribution is 2.22. The van der Waals surface area contributed by atoms with Gasteiger partial charge < -0.3 is 0 Å². The molecule has 1 aliphatic carbocycles. The third kappa shape index (κ3) is 1.92. The van der Waals surface area contributed by atoms with Crippen LogP contribution < -0.4 is 0 Å². The SMILES string of the molecule is C=C(C)/C=N/C1CC1. The Morgan fingerprint density at radius 1 is 1.75 bits per heavy atom. The first-order valence-electron chi connectivity index (χ1n) is 2.98. The van der Waals surface area contributed by atoms with Gasteiger partial charge in [0.05, 0.1) is 6.04 Å². The molecule has 1 nitrogen and oxygen atoms in total. The summed E-state index contributed by atoms with van der Waals surface area (Å²) < 4.78 is 0. The van der Waals surface area contributed by atoms with Crippen molar-refractivity contribution >= 4 is 6.21 Å². The standard InChI is InChI=1S/C7H11N/c1-6(2)5-8-7-3-4-7/h5,7H,1,3-4H2,2H3/b8-5+. The Bertz CT molecular complexity index is 120. The molecule has 1 saturated carbocycles. The summed E-state index contributed by atoms with van der Waals surface area (Å²) in [6.45, 7) is 5.67. The van der Waals surface area contributed by atoms with Crippen LogP contribution in [0.4, 0.5) is 0 Å². The van der Waals surface area contributed by atoms with Gasteiger partial charge in [0.1, 0.15) is 0 Å². The van der Waals surface area contributed by atoms with Gasteiger partial charge in [0, 0.05) is 6.21 Å². The topological polar surface area (TPSA) is 12.4 Å². The maximum absolute atomic E-state index is 4.21. The van der Waals surface area contributed by atoms with Crippen LogP contribution in [0.25, 0.3) is 0 Å². The summed E-state index contributed by atoms with van der Waals surface area (Å²) >= 11 is 0. The molecule has 0 amide bonds. The summed E-state index contributed by atoms with van der Waals surface area (Å²) in [6.07, 6.45) is 4.42. The molecular formula is C7H11N. The van der Waals surface area contributed by atoms with Crippen LogP contribution in [0.2, 0.25) is 0 Å². The van der Waals surface area contributed by atoms with E-state index in [2.05, 4.69) is 11.6 Å². The fourth-order valence-electron chi connectivity index (χ4n) is 0.456. The molecule has 0 aromatic rings. The van der Waals surface area contributed by atoms with Crippen molar-refractivity contribution in [3.63, 3.8) is 0 Å². The van der Waals surface area contributed by atoms with Gasteiger partial charge in [-0.2, -0.15) is 0 Å². The van der Waals surface area contributed by atoms with E-state index in [9.17, 15) is 0 Å². The third-order valence-corrected chi connectivity index (χ3v) is 1.05. The second-order valence-electron chi connectivity index (χ2n) is 2.36. The monoisotopic (exact) mass is 109 g/mol. The lowest BCUT2D eigenvalue weighted by molar-refractivity contribution is 1.08. The van der Waals surface area contributed by atoms with Gasteiger partial charge >= 0.3 is 0 Å². The van der Waals surface area contributed by atoms with Crippen LogP contribution in [0.15, 0.2) is 17.1 Å². The first-order valence-corrected chi connectivity index (χ1v) is 2.98. The predicted molar refractivity (Wildman–Crippen MR) is 36.3 cm³/mol. The first kappa shape index (κ1) is 5.54. The molecule has 0 aromatic carbocycles. The van der Waals surface area contributed by atoms with Gasteiger partial charge in [-0.1, -0.05) is 6.58 Å². The summed E-state index contributed by atoms with van der Waals surface area (Å²) in [5.74, 6) is 0. The largest absolute Gasteiger partial charge is 0.290 e. The molecule has 0 aliphatic heterocycles. The van der Waals surface area contributed by atoms with E-state index in [0.717, 1.165) is 5.57 Å². The molecule has 1 fully saturated rings. The summed E-state index contributed by atoms with van der Waals surface area (Å²) in [7, 11) is 0. The van der Waals surface area contributed by atoms with Gasteiger partial charge in [-0.3, -0.25) is 4.99 Å². The van der Waals surface area contributed by atoms with E-state index in [1.807, 2.05) is 13.1 Å². The van der Waals surface area contributed by atoms with Crippen molar-refractivity contribution in [1.82, 2.24) is 0 Å². The van der Waals surface area contributed by atoms with Gasteiger partial charge in [0.25, 0.3) is 0 Å². The van der Waals surface area contributed by atoms with Gasteiger partial charge in [-0.25, -0.2) is 0 Å². The van der Waals surface area contributed by atoms with Crippen molar-refractivity contribution in [3.05, 3.63) is 12.2 Å². The maximum Gasteiger partial charge on any atom is 0.0501 e. The third-order valence-electron chi connectivity index (χ3n) is 1.05. The van der Waals surface area contributed by atoms with Crippen LogP contribution in [0.3, 0.4) is 0 Å². The molecule has 8 heavy (non-hydrogen) atoms. The van der Waals surface area contributed by atoms with Gasteiger partial charge in [0.15, 0.2) is 0 Å². The lowest BCUT2D eigenvalue weighted by atomic mass is 10.4. The molecule has 0 bridgehead atoms. The molecule has 44 valence electrons. The zero-order chi connectivity index (χ0) is 5.98. The molecule has 0 N–H and O–H groups in total. The summed E-state index contributed by atoms with van der Waals surface area (Å²) in [5.41, 5.74) is 1.05. The highest BCUT2D eigenvalue weighted by molar-refractivity contribution is 5.76. The van der Waals surface area contributed by atoms with E-state index < -0.39 is 0 Å². The van der Waals surface area contributed by atoms with Crippen LogP contribution in [0.1, 0.15) is 19.8 Å². The van der Waals surface area contributed by atoms with Gasteiger partial charge in [-0.05, 0) is 25.3 Å². The number of hydrogen-bond acceptors (Lipinski definition) is 1. The summed E-state index contributed by atoms with van der Waals surface area (Å²) in [6, 6.07) is 0.645. The van der Waals surface area contributed by atoms with Crippen LogP contribution in [-0.2, 0) is 0 Å². The van der Waals surface area contributed by atoms with Crippen LogP contribution in [0.5, 0.6) is 0 Å². The average molecular weight is 109 g/mol. The second kappa shape index (κ2) is 2.12. The Labute approximate surface area is 50.1 Å². The highest BCUT2D eigenvalue weighted by Gasteiger charge is 2.18. The van der Waals surface area contributed by atoms with Crippen molar-refractivity contribution < 1.29 is 0 Å². The van der Waals surface area contributed by atoms with Gasteiger partial charge in [0.2, 0.25) is 0 Å². The van der Waals surface area contributed by atoms with E-state index in [4.69, 9.17) is 0 Å². The predicted octanol–water partition coefficient (Wildman–Crippen LogP) is 1.80. The maximum atomic E-state index is 4.21. The quantitative estimate of drug-likeness (QED) is 0.479. The van der Waals surface area contributed by atoms with Gasteiger partial charge in [-0.15, -0.1) is 0 Å². The molecule has 0 radical (unpaired) electrons. The molecule has 1 rings (SSSR count). The Hall–Kier alpha value is -0.590. The second-order valence-corrected chi connectivity index (χ2v) is 2.36. The van der Waals surface area contributed by atoms with Crippen LogP contribution >= 0.6 is 0 Å². The fourth-order valence-corrected chi connectivity index (χ4v) is 0.456. The average Bonchev–Trinajstić information content (AvgIpc) is 2.41. The lowest BCUT2D eigenvalue weighted by Gasteiger charge is -1.82. The smallest absolute Gasteiger partial charge is 0.0501 e. The number of hydrogen-bond donors (Lipinski definition) is 0. The normalized spacial score (nSPS) is 19.6. The molecule has 0 aromatic heterocycles. The molecule has 1 heteroatoms. The van der Waals surface area contributed by atoms with Crippen molar-refractivity contribution in [2.24, 2.45) is 4.99 Å². The molecule has 0 unspecified atom stereocenters. The lowest BCUT2D eigenvalue weighted by Crippen LogP contribution is -1.77. The molecule has 0 saturated heterocycles. The molecule has 0 heterocycles. The number of allylic oxidation sites excluding steroid dienone is 1. The van der Waals surface area contributed by atoms with Crippen molar-refractivity contribution in [1.29, 1.82) is 0 Å². The van der Waals surface area contributed by atoms with E-state index in [1.54, 1.807) is 0 Å². The Morgan fingerprint density at radius 3 is 2.75 bits per heavy atom.